The number of nitrogens with two attached hydrogens (primary N) is 1. The monoisotopic (exact) mass is 363 g/mol. The van der Waals surface area contributed by atoms with Crippen LogP contribution in [0, 0.1) is 6.92 Å². The molecule has 0 saturated heterocycles. The first kappa shape index (κ1) is 17.7. The van der Waals surface area contributed by atoms with E-state index in [0.29, 0.717) is 33.7 Å². The third-order valence-electron chi connectivity index (χ3n) is 3.74. The zero-order chi connectivity index (χ0) is 18.5. The normalized spacial score (nSPS) is 10.8. The molecule has 26 heavy (non-hydrogen) atoms. The Hall–Kier alpha value is -3.11. The average Bonchev–Trinajstić information content (AvgIpc) is 2.64. The second kappa shape index (κ2) is 7.85. The number of pyridine rings is 1. The first-order valence-electron chi connectivity index (χ1n) is 8.02. The summed E-state index contributed by atoms with van der Waals surface area (Å²) in [5, 5.41) is 0.524. The first-order valence-corrected chi connectivity index (χ1v) is 8.40. The van der Waals surface area contributed by atoms with E-state index < -0.39 is 0 Å². The number of anilines is 1. The lowest BCUT2D eigenvalue weighted by Gasteiger charge is -2.10. The number of aliphatic imine (C=N–C) groups is 1. The van der Waals surface area contributed by atoms with Gasteiger partial charge in [0.05, 0.1) is 16.4 Å². The topological polar surface area (TPSA) is 60.5 Å². The van der Waals surface area contributed by atoms with Crippen LogP contribution in [-0.4, -0.2) is 11.2 Å². The molecule has 2 aromatic carbocycles. The molecule has 0 aliphatic carbocycles. The number of aryl methyl sites for hydroxylation is 1. The first-order chi connectivity index (χ1) is 12.5. The highest BCUT2D eigenvalue weighted by Gasteiger charge is 2.09. The van der Waals surface area contributed by atoms with Gasteiger partial charge < -0.3 is 10.5 Å². The Morgan fingerprint density at radius 1 is 1.12 bits per heavy atom. The van der Waals surface area contributed by atoms with Crippen LogP contribution in [-0.2, 0) is 0 Å². The van der Waals surface area contributed by atoms with Gasteiger partial charge in [0.15, 0.2) is 0 Å². The molecule has 0 saturated carbocycles. The molecule has 0 fully saturated rings. The third-order valence-corrected chi connectivity index (χ3v) is 4.06. The summed E-state index contributed by atoms with van der Waals surface area (Å²) in [6.07, 6.45) is 1.67. The highest BCUT2D eigenvalue weighted by molar-refractivity contribution is 6.32. The fraction of sp³-hybridized carbons (Fsp3) is 0.0476. The van der Waals surface area contributed by atoms with E-state index in [4.69, 9.17) is 22.1 Å². The van der Waals surface area contributed by atoms with E-state index in [1.54, 1.807) is 18.3 Å². The van der Waals surface area contributed by atoms with Crippen molar-refractivity contribution in [1.29, 1.82) is 0 Å². The molecule has 2 N–H and O–H groups in total. The van der Waals surface area contributed by atoms with Crippen LogP contribution in [0.25, 0.3) is 5.70 Å². The molecule has 0 aliphatic rings. The van der Waals surface area contributed by atoms with E-state index in [1.807, 2.05) is 55.5 Å². The smallest absolute Gasteiger partial charge is 0.222 e. The largest absolute Gasteiger partial charge is 0.437 e. The summed E-state index contributed by atoms with van der Waals surface area (Å²) in [6, 6.07) is 18.5. The van der Waals surface area contributed by atoms with Crippen molar-refractivity contribution >= 4 is 29.2 Å². The molecule has 0 unspecified atom stereocenters. The lowest BCUT2D eigenvalue weighted by Crippen LogP contribution is -1.96. The van der Waals surface area contributed by atoms with E-state index in [-0.39, 0.29) is 0 Å². The minimum atomic E-state index is 0.464. The molecular weight excluding hydrogens is 346 g/mol. The molecule has 0 atom stereocenters. The van der Waals surface area contributed by atoms with Crippen molar-refractivity contribution in [3.63, 3.8) is 0 Å². The number of ether oxygens (including phenoxy) is 1. The van der Waals surface area contributed by atoms with Crippen LogP contribution >= 0.6 is 11.6 Å². The zero-order valence-corrected chi connectivity index (χ0v) is 15.1. The molecule has 0 spiro atoms. The van der Waals surface area contributed by atoms with Gasteiger partial charge in [-0.1, -0.05) is 54.6 Å². The number of nitrogen functional groups attached to an aromatic ring is 1. The fourth-order valence-electron chi connectivity index (χ4n) is 2.25. The molecule has 1 aromatic heterocycles. The number of hydrogen-bond donors (Lipinski definition) is 1. The highest BCUT2D eigenvalue weighted by atomic mass is 35.5. The van der Waals surface area contributed by atoms with Crippen molar-refractivity contribution < 1.29 is 4.74 Å². The maximum atomic E-state index is 6.16. The molecule has 5 heteroatoms. The van der Waals surface area contributed by atoms with Gasteiger partial charge in [0.2, 0.25) is 5.88 Å². The standard InChI is InChI=1S/C21H18ClN3O/c1-14-11-12-19(15(2)24-13-16-7-3-5-9-18(16)23)25-21(14)26-20-10-6-4-8-17(20)22/h3-13H,2,23H2,1H3. The molecule has 0 aliphatic heterocycles. The van der Waals surface area contributed by atoms with Gasteiger partial charge in [0, 0.05) is 23.0 Å². The predicted octanol–water partition coefficient (Wildman–Crippen LogP) is 5.51. The number of rotatable bonds is 5. The molecule has 0 radical (unpaired) electrons. The van der Waals surface area contributed by atoms with Gasteiger partial charge >= 0.3 is 0 Å². The Balaban J connectivity index is 1.84. The van der Waals surface area contributed by atoms with Crippen molar-refractivity contribution in [3.8, 4) is 11.6 Å². The van der Waals surface area contributed by atoms with E-state index in [2.05, 4.69) is 16.6 Å². The Kier molecular flexibility index (Phi) is 5.34. The Morgan fingerprint density at radius 3 is 2.62 bits per heavy atom. The van der Waals surface area contributed by atoms with Crippen molar-refractivity contribution in [1.82, 2.24) is 4.98 Å². The van der Waals surface area contributed by atoms with Crippen LogP contribution in [0.1, 0.15) is 16.8 Å². The number of aromatic nitrogens is 1. The second-order valence-electron chi connectivity index (χ2n) is 5.68. The van der Waals surface area contributed by atoms with E-state index >= 15 is 0 Å². The van der Waals surface area contributed by atoms with Crippen LogP contribution in [0.4, 0.5) is 5.69 Å². The van der Waals surface area contributed by atoms with Gasteiger partial charge in [0.25, 0.3) is 0 Å². The molecule has 3 rings (SSSR count). The molecular formula is C21H18ClN3O. The number of benzene rings is 2. The van der Waals surface area contributed by atoms with Gasteiger partial charge in [-0.15, -0.1) is 0 Å². The van der Waals surface area contributed by atoms with Gasteiger partial charge in [0.1, 0.15) is 5.75 Å². The number of nitrogens with zero attached hydrogens (tertiary/aromatic N) is 2. The summed E-state index contributed by atoms with van der Waals surface area (Å²) in [5.74, 6) is 1.01. The van der Waals surface area contributed by atoms with Gasteiger partial charge in [-0.05, 0) is 31.2 Å². The maximum Gasteiger partial charge on any atom is 0.222 e. The summed E-state index contributed by atoms with van der Waals surface area (Å²) in [4.78, 5) is 8.90. The van der Waals surface area contributed by atoms with E-state index in [0.717, 1.165) is 11.1 Å². The zero-order valence-electron chi connectivity index (χ0n) is 14.3. The minimum absolute atomic E-state index is 0.464. The molecule has 1 heterocycles. The predicted molar refractivity (Wildman–Crippen MR) is 108 cm³/mol. The average molecular weight is 364 g/mol. The highest BCUT2D eigenvalue weighted by Crippen LogP contribution is 2.30. The van der Waals surface area contributed by atoms with Gasteiger partial charge in [-0.25, -0.2) is 4.98 Å². The van der Waals surface area contributed by atoms with Gasteiger partial charge in [-0.3, -0.25) is 4.99 Å². The van der Waals surface area contributed by atoms with Crippen LogP contribution in [0.15, 0.2) is 72.2 Å². The van der Waals surface area contributed by atoms with Crippen LogP contribution in [0.2, 0.25) is 5.02 Å². The lowest BCUT2D eigenvalue weighted by atomic mass is 10.2. The van der Waals surface area contributed by atoms with Crippen LogP contribution in [0.5, 0.6) is 11.6 Å². The quantitative estimate of drug-likeness (QED) is 0.480. The van der Waals surface area contributed by atoms with Crippen molar-refractivity contribution in [2.24, 2.45) is 4.99 Å². The SMILES string of the molecule is C=C(N=Cc1ccccc1N)c1ccc(C)c(Oc2ccccc2Cl)n1. The van der Waals surface area contributed by atoms with Gasteiger partial charge in [-0.2, -0.15) is 0 Å². The summed E-state index contributed by atoms with van der Waals surface area (Å²) in [6.45, 7) is 5.90. The second-order valence-corrected chi connectivity index (χ2v) is 6.09. The number of para-hydroxylation sites is 2. The fourth-order valence-corrected chi connectivity index (χ4v) is 2.42. The summed E-state index contributed by atoms with van der Waals surface area (Å²) >= 11 is 6.16. The van der Waals surface area contributed by atoms with Crippen molar-refractivity contribution in [2.45, 2.75) is 6.92 Å². The number of hydrogen-bond acceptors (Lipinski definition) is 4. The minimum Gasteiger partial charge on any atom is -0.437 e. The molecule has 0 amide bonds. The summed E-state index contributed by atoms with van der Waals surface area (Å²) in [7, 11) is 0. The maximum absolute atomic E-state index is 6.16. The Bertz CT molecular complexity index is 982. The molecule has 0 bridgehead atoms. The van der Waals surface area contributed by atoms with Crippen molar-refractivity contribution in [2.75, 3.05) is 5.73 Å². The van der Waals surface area contributed by atoms with E-state index in [9.17, 15) is 0 Å². The summed E-state index contributed by atoms with van der Waals surface area (Å²) < 4.78 is 5.86. The van der Waals surface area contributed by atoms with Crippen LogP contribution in [0.3, 0.4) is 0 Å². The number of halogens is 1. The molecule has 3 aromatic rings. The van der Waals surface area contributed by atoms with Crippen LogP contribution < -0.4 is 10.5 Å². The molecule has 4 nitrogen and oxygen atoms in total. The third kappa shape index (κ3) is 4.10. The van der Waals surface area contributed by atoms with Crippen molar-refractivity contribution in [3.05, 3.63) is 89.1 Å². The summed E-state index contributed by atoms with van der Waals surface area (Å²) in [5.41, 5.74) is 9.42. The lowest BCUT2D eigenvalue weighted by molar-refractivity contribution is 0.458. The molecule has 130 valence electrons. The Labute approximate surface area is 157 Å². The Morgan fingerprint density at radius 2 is 1.85 bits per heavy atom. The van der Waals surface area contributed by atoms with E-state index in [1.165, 1.54) is 0 Å².